The molecule has 2 aromatic rings. The molecule has 0 bridgehead atoms. The van der Waals surface area contributed by atoms with E-state index in [1.165, 1.54) is 5.56 Å². The number of likely N-dealkylation sites (tertiary alicyclic amines) is 1. The summed E-state index contributed by atoms with van der Waals surface area (Å²) in [5.41, 5.74) is 0.414. The first kappa shape index (κ1) is 31.4. The van der Waals surface area contributed by atoms with Gasteiger partial charge in [-0.05, 0) is 63.0 Å². The Morgan fingerprint density at radius 3 is 2.34 bits per heavy atom. The molecule has 1 aliphatic heterocycles. The van der Waals surface area contributed by atoms with Crippen LogP contribution in [0.1, 0.15) is 36.8 Å². The number of likely N-dealkylation sites (N-methyl/N-ethyl adjacent to an activating group) is 1. The van der Waals surface area contributed by atoms with Crippen LogP contribution in [0.25, 0.3) is 0 Å². The molecule has 2 aliphatic rings. The van der Waals surface area contributed by atoms with Gasteiger partial charge < -0.3 is 30.1 Å². The van der Waals surface area contributed by atoms with Gasteiger partial charge in [0.15, 0.2) is 11.5 Å². The van der Waals surface area contributed by atoms with Crippen LogP contribution in [0.4, 0.5) is 32.4 Å². The summed E-state index contributed by atoms with van der Waals surface area (Å²) in [7, 11) is 5.33. The third kappa shape index (κ3) is 6.97. The molecular formula is C27H29F5N4O5. The number of carboxylic acids is 1. The van der Waals surface area contributed by atoms with Crippen LogP contribution in [0.3, 0.4) is 0 Å². The Bertz CT molecular complexity index is 1330. The average molecular weight is 585 g/mol. The van der Waals surface area contributed by atoms with Crippen molar-refractivity contribution in [2.45, 2.75) is 49.4 Å². The molecule has 2 aromatic carbocycles. The molecule has 1 saturated heterocycles. The third-order valence-corrected chi connectivity index (χ3v) is 7.49. The number of fused-ring (bicyclic) bond motifs is 1. The van der Waals surface area contributed by atoms with E-state index in [1.54, 1.807) is 20.3 Å². The molecule has 1 aliphatic carbocycles. The number of ether oxygens (including phenoxy) is 2. The molecule has 3 atom stereocenters. The van der Waals surface area contributed by atoms with Gasteiger partial charge in [-0.1, -0.05) is 6.07 Å². The van der Waals surface area contributed by atoms with E-state index in [2.05, 4.69) is 28.6 Å². The minimum Gasteiger partial charge on any atom is -0.493 e. The van der Waals surface area contributed by atoms with Crippen molar-refractivity contribution >= 4 is 17.7 Å². The summed E-state index contributed by atoms with van der Waals surface area (Å²) < 4.78 is 70.7. The topological polar surface area (TPSA) is 124 Å². The molecule has 0 unspecified atom stereocenters. The molecular weight excluding hydrogens is 555 g/mol. The summed E-state index contributed by atoms with van der Waals surface area (Å²) in [6.07, 6.45) is -1.75. The summed E-state index contributed by atoms with van der Waals surface area (Å²) in [6.45, 7) is 0.938. The van der Waals surface area contributed by atoms with Gasteiger partial charge in [-0.2, -0.15) is 18.4 Å². The summed E-state index contributed by atoms with van der Waals surface area (Å²) in [6, 6.07) is 8.72. The number of carbonyl (C=O) groups excluding carboxylic acids is 1. The highest BCUT2D eigenvalue weighted by Crippen LogP contribution is 2.49. The maximum Gasteiger partial charge on any atom is 0.490 e. The highest BCUT2D eigenvalue weighted by molar-refractivity contribution is 5.89. The van der Waals surface area contributed by atoms with Crippen LogP contribution < -0.4 is 20.1 Å². The minimum absolute atomic E-state index is 0.0642. The van der Waals surface area contributed by atoms with Gasteiger partial charge in [-0.15, -0.1) is 0 Å². The second-order valence-electron chi connectivity index (χ2n) is 9.77. The number of hydrogen-bond acceptors (Lipinski definition) is 6. The lowest BCUT2D eigenvalue weighted by atomic mass is 9.65. The van der Waals surface area contributed by atoms with Gasteiger partial charge >= 0.3 is 18.2 Å². The first-order chi connectivity index (χ1) is 19.2. The van der Waals surface area contributed by atoms with Gasteiger partial charge in [-0.3, -0.25) is 0 Å². The van der Waals surface area contributed by atoms with Crippen molar-refractivity contribution in [1.29, 1.82) is 5.26 Å². The maximum absolute atomic E-state index is 14.2. The first-order valence-corrected chi connectivity index (χ1v) is 12.4. The Hall–Kier alpha value is -4.12. The molecule has 0 radical (unpaired) electrons. The Morgan fingerprint density at radius 1 is 1.10 bits per heavy atom. The van der Waals surface area contributed by atoms with Crippen LogP contribution in [0.15, 0.2) is 30.3 Å². The number of alkyl halides is 3. The summed E-state index contributed by atoms with van der Waals surface area (Å²) in [5, 5.41) is 21.2. The minimum atomic E-state index is -5.08. The number of aliphatic carboxylic acids is 1. The summed E-state index contributed by atoms with van der Waals surface area (Å²) in [4.78, 5) is 23.8. The molecule has 1 saturated carbocycles. The fraction of sp³-hybridized carbons (Fsp3) is 0.444. The number of anilines is 1. The van der Waals surface area contributed by atoms with Gasteiger partial charge in [0.05, 0.1) is 25.5 Å². The number of nitriles is 1. The molecule has 9 nitrogen and oxygen atoms in total. The fourth-order valence-electron chi connectivity index (χ4n) is 5.47. The Kier molecular flexibility index (Phi) is 9.65. The molecule has 0 aromatic heterocycles. The van der Waals surface area contributed by atoms with Crippen molar-refractivity contribution < 1.29 is 46.1 Å². The number of hydrogen-bond donors (Lipinski definition) is 3. The van der Waals surface area contributed by atoms with E-state index in [0.29, 0.717) is 11.5 Å². The van der Waals surface area contributed by atoms with E-state index in [-0.39, 0.29) is 23.2 Å². The van der Waals surface area contributed by atoms with E-state index in [1.807, 2.05) is 12.1 Å². The van der Waals surface area contributed by atoms with Crippen molar-refractivity contribution in [3.8, 4) is 17.6 Å². The Labute approximate surface area is 232 Å². The largest absolute Gasteiger partial charge is 0.493 e. The number of carbonyl (C=O) groups is 2. The number of amides is 2. The van der Waals surface area contributed by atoms with Gasteiger partial charge in [0, 0.05) is 23.6 Å². The lowest BCUT2D eigenvalue weighted by Crippen LogP contribution is -2.52. The highest BCUT2D eigenvalue weighted by Gasteiger charge is 2.50. The first-order valence-electron chi connectivity index (χ1n) is 12.4. The van der Waals surface area contributed by atoms with Crippen LogP contribution >= 0.6 is 0 Å². The number of nitrogens with one attached hydrogen (secondary N) is 2. The van der Waals surface area contributed by atoms with E-state index < -0.39 is 35.4 Å². The molecule has 1 heterocycles. The number of methoxy groups -OCH3 is 2. The molecule has 14 heteroatoms. The highest BCUT2D eigenvalue weighted by atomic mass is 19.4. The maximum atomic E-state index is 14.2. The zero-order chi connectivity index (χ0) is 30.5. The second kappa shape index (κ2) is 12.6. The molecule has 3 N–H and O–H groups in total. The van der Waals surface area contributed by atoms with Gasteiger partial charge in [0.25, 0.3) is 0 Å². The van der Waals surface area contributed by atoms with E-state index in [9.17, 15) is 26.7 Å². The quantitative estimate of drug-likeness (QED) is 0.432. The van der Waals surface area contributed by atoms with Crippen molar-refractivity contribution in [3.63, 3.8) is 0 Å². The zero-order valence-electron chi connectivity index (χ0n) is 22.4. The molecule has 4 rings (SSSR count). The van der Waals surface area contributed by atoms with Gasteiger partial charge in [-0.25, -0.2) is 18.4 Å². The lowest BCUT2D eigenvalue weighted by Gasteiger charge is -2.45. The smallest absolute Gasteiger partial charge is 0.490 e. The molecule has 41 heavy (non-hydrogen) atoms. The zero-order valence-corrected chi connectivity index (χ0v) is 22.4. The van der Waals surface area contributed by atoms with E-state index in [0.717, 1.165) is 44.4 Å². The number of halogens is 5. The summed E-state index contributed by atoms with van der Waals surface area (Å²) >= 11 is 0. The van der Waals surface area contributed by atoms with Crippen LogP contribution in [-0.4, -0.2) is 68.1 Å². The number of urea groups is 1. The van der Waals surface area contributed by atoms with Gasteiger partial charge in [0.2, 0.25) is 0 Å². The monoisotopic (exact) mass is 584 g/mol. The average Bonchev–Trinajstić information content (AvgIpc) is 3.26. The van der Waals surface area contributed by atoms with Crippen molar-refractivity contribution in [2.24, 2.45) is 0 Å². The Morgan fingerprint density at radius 2 is 1.76 bits per heavy atom. The predicted molar refractivity (Wildman–Crippen MR) is 137 cm³/mol. The molecule has 222 valence electrons. The van der Waals surface area contributed by atoms with Crippen LogP contribution in [0.2, 0.25) is 0 Å². The Balaban J connectivity index is 0.000000587. The van der Waals surface area contributed by atoms with Crippen molar-refractivity contribution in [1.82, 2.24) is 10.2 Å². The number of rotatable bonds is 5. The fourth-order valence-corrected chi connectivity index (χ4v) is 5.47. The lowest BCUT2D eigenvalue weighted by molar-refractivity contribution is -0.192. The second-order valence-corrected chi connectivity index (χ2v) is 9.77. The third-order valence-electron chi connectivity index (χ3n) is 7.49. The summed E-state index contributed by atoms with van der Waals surface area (Å²) in [5.74, 6) is -3.13. The number of nitrogens with zero attached hydrogens (tertiary/aromatic N) is 2. The van der Waals surface area contributed by atoms with Gasteiger partial charge in [0.1, 0.15) is 17.7 Å². The van der Waals surface area contributed by atoms with E-state index >= 15 is 0 Å². The SMILES string of the molecule is COc1ccc([C@@]23CC[C@@H](NC(=O)Nc4cc(F)c(C#N)cc4F)C[C@@H]2N(C)CC3)cc1OC.O=C(O)C(F)(F)F. The van der Waals surface area contributed by atoms with Crippen molar-refractivity contribution in [3.05, 3.63) is 53.1 Å². The van der Waals surface area contributed by atoms with Crippen molar-refractivity contribution in [2.75, 3.05) is 33.1 Å². The standard InChI is InChI=1S/C25H28F2N4O3.C2HF3O2/c1-31-9-8-25(16-4-5-21(33-2)22(11-16)34-3)7-6-17(12-23(25)31)29-24(32)30-20-13-18(26)15(14-28)10-19(20)27;3-2(4,5)1(6)7/h4-5,10-11,13,17,23H,6-9,12H2,1-3H3,(H2,29,30,32);(H,6,7)/t17-,23+,25+;/m1./s1. The molecule has 2 amide bonds. The number of carboxylic acid groups (broad SMARTS) is 1. The predicted octanol–water partition coefficient (Wildman–Crippen LogP) is 4.80. The van der Waals surface area contributed by atoms with E-state index in [4.69, 9.17) is 24.6 Å². The van der Waals surface area contributed by atoms with Crippen LogP contribution in [0.5, 0.6) is 11.5 Å². The molecule has 0 spiro atoms. The van der Waals surface area contributed by atoms with Crippen LogP contribution in [-0.2, 0) is 10.2 Å². The molecule has 2 fully saturated rings. The number of benzene rings is 2. The normalized spacial score (nSPS) is 21.9. The van der Waals surface area contributed by atoms with Crippen LogP contribution in [0, 0.1) is 23.0 Å².